The van der Waals surface area contributed by atoms with Crippen molar-refractivity contribution >= 4 is 29.4 Å². The number of nitrogens with zero attached hydrogens (tertiary/aromatic N) is 2. The largest absolute Gasteiger partial charge is 0.481 e. The lowest BCUT2D eigenvalue weighted by Crippen LogP contribution is -2.51. The standard InChI is InChI=1S/C20H25ClN2O4/c1-13-11-23(10-8-17(13)20(26)27)19(25)15-3-2-9-22(12-15)18(24)14-4-6-16(21)7-5-14/h4-7,13,15,17H,2-3,8-12H2,1H3,(H,26,27). The van der Waals surface area contributed by atoms with Gasteiger partial charge in [0.25, 0.3) is 5.91 Å². The normalized spacial score (nSPS) is 25.9. The first-order chi connectivity index (χ1) is 12.9. The number of piperidine rings is 2. The van der Waals surface area contributed by atoms with Crippen molar-refractivity contribution in [3.05, 3.63) is 34.9 Å². The number of halogens is 1. The van der Waals surface area contributed by atoms with Gasteiger partial charge >= 0.3 is 5.97 Å². The van der Waals surface area contributed by atoms with E-state index < -0.39 is 5.97 Å². The van der Waals surface area contributed by atoms with Gasteiger partial charge in [0, 0.05) is 36.8 Å². The first kappa shape index (κ1) is 19.7. The Morgan fingerprint density at radius 2 is 1.74 bits per heavy atom. The summed E-state index contributed by atoms with van der Waals surface area (Å²) in [4.78, 5) is 40.4. The van der Waals surface area contributed by atoms with Crippen LogP contribution in [0.2, 0.25) is 5.02 Å². The third kappa shape index (κ3) is 4.43. The lowest BCUT2D eigenvalue weighted by molar-refractivity contribution is -0.150. The van der Waals surface area contributed by atoms with E-state index in [1.165, 1.54) is 0 Å². The van der Waals surface area contributed by atoms with E-state index in [-0.39, 0.29) is 29.6 Å². The second kappa shape index (κ2) is 8.30. The van der Waals surface area contributed by atoms with E-state index in [0.29, 0.717) is 43.2 Å². The van der Waals surface area contributed by atoms with Crippen LogP contribution >= 0.6 is 11.6 Å². The fourth-order valence-electron chi connectivity index (χ4n) is 4.11. The first-order valence-electron chi connectivity index (χ1n) is 9.43. The molecule has 2 fully saturated rings. The molecule has 2 saturated heterocycles. The van der Waals surface area contributed by atoms with Crippen LogP contribution in [0.25, 0.3) is 0 Å². The molecule has 3 atom stereocenters. The van der Waals surface area contributed by atoms with Gasteiger partial charge in [-0.1, -0.05) is 18.5 Å². The molecule has 2 amide bonds. The zero-order chi connectivity index (χ0) is 19.6. The first-order valence-corrected chi connectivity index (χ1v) is 9.81. The molecule has 6 nitrogen and oxygen atoms in total. The fourth-order valence-corrected chi connectivity index (χ4v) is 4.24. The minimum atomic E-state index is -0.785. The maximum Gasteiger partial charge on any atom is 0.306 e. The molecule has 1 N–H and O–H groups in total. The summed E-state index contributed by atoms with van der Waals surface area (Å²) in [5.74, 6) is -1.49. The molecule has 0 saturated carbocycles. The van der Waals surface area contributed by atoms with Gasteiger partial charge in [0.05, 0.1) is 11.8 Å². The topological polar surface area (TPSA) is 77.9 Å². The van der Waals surface area contributed by atoms with E-state index in [0.717, 1.165) is 12.8 Å². The van der Waals surface area contributed by atoms with Gasteiger partial charge < -0.3 is 14.9 Å². The van der Waals surface area contributed by atoms with Crippen LogP contribution in [-0.2, 0) is 9.59 Å². The number of carbonyl (C=O) groups is 3. The highest BCUT2D eigenvalue weighted by atomic mass is 35.5. The second-order valence-corrected chi connectivity index (χ2v) is 8.03. The van der Waals surface area contributed by atoms with Gasteiger partial charge in [0.1, 0.15) is 0 Å². The van der Waals surface area contributed by atoms with Gasteiger partial charge in [-0.3, -0.25) is 14.4 Å². The van der Waals surface area contributed by atoms with Crippen molar-refractivity contribution in [3.63, 3.8) is 0 Å². The molecule has 146 valence electrons. The SMILES string of the molecule is CC1CN(C(=O)C2CCCN(C(=O)c3ccc(Cl)cc3)C2)CCC1C(=O)O. The number of hydrogen-bond donors (Lipinski definition) is 1. The lowest BCUT2D eigenvalue weighted by atomic mass is 9.86. The zero-order valence-corrected chi connectivity index (χ0v) is 16.2. The van der Waals surface area contributed by atoms with Crippen LogP contribution in [-0.4, -0.2) is 58.9 Å². The van der Waals surface area contributed by atoms with Crippen LogP contribution in [0.3, 0.4) is 0 Å². The van der Waals surface area contributed by atoms with Gasteiger partial charge in [0.15, 0.2) is 0 Å². The summed E-state index contributed by atoms with van der Waals surface area (Å²) >= 11 is 5.88. The highest BCUT2D eigenvalue weighted by Crippen LogP contribution is 2.27. The Hall–Kier alpha value is -2.08. The molecule has 1 aromatic rings. The van der Waals surface area contributed by atoms with Crippen molar-refractivity contribution in [2.45, 2.75) is 26.2 Å². The smallest absolute Gasteiger partial charge is 0.306 e. The summed E-state index contributed by atoms with van der Waals surface area (Å²) in [6, 6.07) is 6.79. The summed E-state index contributed by atoms with van der Waals surface area (Å²) in [6.45, 7) is 3.88. The summed E-state index contributed by atoms with van der Waals surface area (Å²) < 4.78 is 0. The molecule has 0 aromatic heterocycles. The van der Waals surface area contributed by atoms with Crippen molar-refractivity contribution in [2.24, 2.45) is 17.8 Å². The molecule has 1 aromatic carbocycles. The van der Waals surface area contributed by atoms with Gasteiger partial charge in [-0.25, -0.2) is 0 Å². The van der Waals surface area contributed by atoms with Crippen molar-refractivity contribution in [1.29, 1.82) is 0 Å². The van der Waals surface area contributed by atoms with Crippen molar-refractivity contribution in [3.8, 4) is 0 Å². The van der Waals surface area contributed by atoms with E-state index in [4.69, 9.17) is 11.6 Å². The Labute approximate surface area is 164 Å². The summed E-state index contributed by atoms with van der Waals surface area (Å²) in [5, 5.41) is 9.83. The number of aliphatic carboxylic acids is 1. The Morgan fingerprint density at radius 3 is 2.37 bits per heavy atom. The van der Waals surface area contributed by atoms with E-state index in [2.05, 4.69) is 0 Å². The molecule has 0 spiro atoms. The number of benzene rings is 1. The molecule has 0 aliphatic carbocycles. The van der Waals surface area contributed by atoms with Crippen LogP contribution in [0, 0.1) is 17.8 Å². The quantitative estimate of drug-likeness (QED) is 0.857. The van der Waals surface area contributed by atoms with Crippen LogP contribution in [0.15, 0.2) is 24.3 Å². The molecule has 3 rings (SSSR count). The summed E-state index contributed by atoms with van der Waals surface area (Å²) in [6.07, 6.45) is 2.04. The van der Waals surface area contributed by atoms with E-state index in [9.17, 15) is 19.5 Å². The van der Waals surface area contributed by atoms with Crippen LogP contribution in [0.4, 0.5) is 0 Å². The summed E-state index contributed by atoms with van der Waals surface area (Å²) in [7, 11) is 0. The maximum absolute atomic E-state index is 12.9. The molecule has 2 aliphatic rings. The highest BCUT2D eigenvalue weighted by molar-refractivity contribution is 6.30. The molecule has 0 bridgehead atoms. The van der Waals surface area contributed by atoms with E-state index in [1.807, 2.05) is 6.92 Å². The number of hydrogen-bond acceptors (Lipinski definition) is 3. The van der Waals surface area contributed by atoms with Crippen molar-refractivity contribution < 1.29 is 19.5 Å². The number of carboxylic acids is 1. The number of likely N-dealkylation sites (tertiary alicyclic amines) is 2. The molecule has 3 unspecified atom stereocenters. The van der Waals surface area contributed by atoms with E-state index >= 15 is 0 Å². The molecular weight excluding hydrogens is 368 g/mol. The monoisotopic (exact) mass is 392 g/mol. The molecule has 2 heterocycles. The summed E-state index contributed by atoms with van der Waals surface area (Å²) in [5.41, 5.74) is 0.573. The number of carboxylic acid groups (broad SMARTS) is 1. The molecule has 2 aliphatic heterocycles. The van der Waals surface area contributed by atoms with Gasteiger partial charge in [-0.15, -0.1) is 0 Å². The maximum atomic E-state index is 12.9. The Balaban J connectivity index is 1.62. The van der Waals surface area contributed by atoms with Crippen molar-refractivity contribution in [1.82, 2.24) is 9.80 Å². The average molecular weight is 393 g/mol. The molecule has 0 radical (unpaired) electrons. The average Bonchev–Trinajstić information content (AvgIpc) is 2.67. The predicted octanol–water partition coefficient (Wildman–Crippen LogP) is 2.76. The third-order valence-electron chi connectivity index (χ3n) is 5.68. The molecule has 27 heavy (non-hydrogen) atoms. The van der Waals surface area contributed by atoms with Gasteiger partial charge in [-0.05, 0) is 49.4 Å². The van der Waals surface area contributed by atoms with Crippen LogP contribution in [0.1, 0.15) is 36.5 Å². The van der Waals surface area contributed by atoms with Gasteiger partial charge in [0.2, 0.25) is 5.91 Å². The zero-order valence-electron chi connectivity index (χ0n) is 15.4. The highest BCUT2D eigenvalue weighted by Gasteiger charge is 2.37. The minimum absolute atomic E-state index is 0.0410. The van der Waals surface area contributed by atoms with Crippen LogP contribution in [0.5, 0.6) is 0 Å². The van der Waals surface area contributed by atoms with Gasteiger partial charge in [-0.2, -0.15) is 0 Å². The number of carbonyl (C=O) groups excluding carboxylic acids is 2. The Kier molecular flexibility index (Phi) is 6.05. The third-order valence-corrected chi connectivity index (χ3v) is 5.94. The molecule has 7 heteroatoms. The predicted molar refractivity (Wildman–Crippen MR) is 102 cm³/mol. The fraction of sp³-hybridized carbons (Fsp3) is 0.550. The number of rotatable bonds is 3. The molecular formula is C20H25ClN2O4. The van der Waals surface area contributed by atoms with Crippen molar-refractivity contribution in [2.75, 3.05) is 26.2 Å². The van der Waals surface area contributed by atoms with E-state index in [1.54, 1.807) is 34.1 Å². The second-order valence-electron chi connectivity index (χ2n) is 7.59. The Morgan fingerprint density at radius 1 is 1.04 bits per heavy atom. The lowest BCUT2D eigenvalue weighted by Gasteiger charge is -2.39. The number of amides is 2. The van der Waals surface area contributed by atoms with Crippen LogP contribution < -0.4 is 0 Å². The Bertz CT molecular complexity index is 721. The minimum Gasteiger partial charge on any atom is -0.481 e.